The number of alkyl halides is 2. The van der Waals surface area contributed by atoms with Crippen molar-refractivity contribution in [2.24, 2.45) is 0 Å². The lowest BCUT2D eigenvalue weighted by Crippen LogP contribution is -2.22. The number of benzene rings is 2. The highest BCUT2D eigenvalue weighted by Gasteiger charge is 2.14. The average molecular weight is 430 g/mol. The molecule has 0 spiro atoms. The van der Waals surface area contributed by atoms with E-state index in [9.17, 15) is 18.4 Å². The van der Waals surface area contributed by atoms with Crippen LogP contribution in [0.3, 0.4) is 0 Å². The highest BCUT2D eigenvalue weighted by molar-refractivity contribution is 6.32. The highest BCUT2D eigenvalue weighted by atomic mass is 35.5. The Morgan fingerprint density at radius 3 is 2.31 bits per heavy atom. The molecule has 0 aliphatic carbocycles. The summed E-state index contributed by atoms with van der Waals surface area (Å²) in [4.78, 5) is 23.9. The number of nitrogens with one attached hydrogen (secondary N) is 1. The molecule has 2 rings (SSSR count). The molecule has 0 aromatic heterocycles. The van der Waals surface area contributed by atoms with Gasteiger partial charge < -0.3 is 24.3 Å². The van der Waals surface area contributed by atoms with E-state index < -0.39 is 25.1 Å². The summed E-state index contributed by atoms with van der Waals surface area (Å²) < 4.78 is 43.6. The van der Waals surface area contributed by atoms with Crippen molar-refractivity contribution in [1.82, 2.24) is 0 Å². The second-order valence-corrected chi connectivity index (χ2v) is 6.00. The molecule has 0 saturated heterocycles. The lowest BCUT2D eigenvalue weighted by molar-refractivity contribution is -0.146. The average Bonchev–Trinajstić information content (AvgIpc) is 2.68. The SMILES string of the molecule is COc1cc(NC(=O)COC(=O)Cc2ccc(OC(F)F)cc2)c(OC)cc1Cl. The number of carbonyl (C=O) groups excluding carboxylic acids is 2. The van der Waals surface area contributed by atoms with Crippen molar-refractivity contribution in [3.05, 3.63) is 47.0 Å². The van der Waals surface area contributed by atoms with Crippen molar-refractivity contribution in [3.8, 4) is 17.2 Å². The van der Waals surface area contributed by atoms with Gasteiger partial charge in [-0.3, -0.25) is 9.59 Å². The van der Waals surface area contributed by atoms with Crippen molar-refractivity contribution in [2.45, 2.75) is 13.0 Å². The number of rotatable bonds is 9. The maximum Gasteiger partial charge on any atom is 0.387 e. The lowest BCUT2D eigenvalue weighted by Gasteiger charge is -2.13. The second-order valence-electron chi connectivity index (χ2n) is 5.60. The first-order chi connectivity index (χ1) is 13.8. The van der Waals surface area contributed by atoms with E-state index in [1.54, 1.807) is 0 Å². The molecule has 10 heteroatoms. The Morgan fingerprint density at radius 1 is 1.07 bits per heavy atom. The van der Waals surface area contributed by atoms with Gasteiger partial charge in [-0.15, -0.1) is 0 Å². The van der Waals surface area contributed by atoms with E-state index in [4.69, 9.17) is 25.8 Å². The Kier molecular flexibility index (Phi) is 8.02. The van der Waals surface area contributed by atoms with Crippen LogP contribution in [0.4, 0.5) is 14.5 Å². The minimum absolute atomic E-state index is 0.0242. The van der Waals surface area contributed by atoms with Crippen LogP contribution in [0.2, 0.25) is 5.02 Å². The minimum atomic E-state index is -2.93. The fourth-order valence-electron chi connectivity index (χ4n) is 2.30. The van der Waals surface area contributed by atoms with Gasteiger partial charge in [-0.05, 0) is 17.7 Å². The zero-order valence-corrected chi connectivity index (χ0v) is 16.3. The largest absolute Gasteiger partial charge is 0.495 e. The first kappa shape index (κ1) is 22.2. The van der Waals surface area contributed by atoms with Crippen molar-refractivity contribution < 1.29 is 37.3 Å². The molecule has 0 fully saturated rings. The van der Waals surface area contributed by atoms with Gasteiger partial charge in [0.1, 0.15) is 17.2 Å². The molecule has 29 heavy (non-hydrogen) atoms. The first-order valence-electron chi connectivity index (χ1n) is 8.23. The van der Waals surface area contributed by atoms with Crippen molar-refractivity contribution in [3.63, 3.8) is 0 Å². The molecule has 0 aliphatic heterocycles. The summed E-state index contributed by atoms with van der Waals surface area (Å²) in [5.41, 5.74) is 0.811. The number of hydrogen-bond donors (Lipinski definition) is 1. The number of halogens is 3. The summed E-state index contributed by atoms with van der Waals surface area (Å²) in [5, 5.41) is 2.85. The summed E-state index contributed by atoms with van der Waals surface area (Å²) in [6, 6.07) is 8.46. The van der Waals surface area contributed by atoms with Crippen LogP contribution >= 0.6 is 11.6 Å². The van der Waals surface area contributed by atoms with Crippen LogP contribution in [0.25, 0.3) is 0 Å². The molecule has 0 bridgehead atoms. The second kappa shape index (κ2) is 10.5. The molecule has 1 amide bonds. The predicted octanol–water partition coefficient (Wildman–Crippen LogP) is 3.68. The summed E-state index contributed by atoms with van der Waals surface area (Å²) in [6.45, 7) is -3.46. The Balaban J connectivity index is 1.88. The maximum absolute atomic E-state index is 12.1. The van der Waals surface area contributed by atoms with E-state index in [0.29, 0.717) is 27.8 Å². The molecule has 0 atom stereocenters. The normalized spacial score (nSPS) is 10.4. The van der Waals surface area contributed by atoms with E-state index in [2.05, 4.69) is 10.1 Å². The highest BCUT2D eigenvalue weighted by Crippen LogP contribution is 2.35. The zero-order chi connectivity index (χ0) is 21.4. The van der Waals surface area contributed by atoms with E-state index in [1.807, 2.05) is 0 Å². The Labute approximate surface area is 170 Å². The number of hydrogen-bond acceptors (Lipinski definition) is 6. The van der Waals surface area contributed by atoms with Gasteiger partial charge in [0.05, 0.1) is 31.4 Å². The van der Waals surface area contributed by atoms with Gasteiger partial charge in [0, 0.05) is 12.1 Å². The number of carbonyl (C=O) groups is 2. The molecule has 0 heterocycles. The third kappa shape index (κ3) is 6.79. The smallest absolute Gasteiger partial charge is 0.387 e. The lowest BCUT2D eigenvalue weighted by atomic mass is 10.1. The van der Waals surface area contributed by atoms with Gasteiger partial charge in [-0.1, -0.05) is 23.7 Å². The third-order valence-electron chi connectivity index (χ3n) is 3.61. The number of anilines is 1. The van der Waals surface area contributed by atoms with Crippen LogP contribution < -0.4 is 19.5 Å². The molecular formula is C19H18ClF2NO6. The van der Waals surface area contributed by atoms with Crippen LogP contribution in [0, 0.1) is 0 Å². The fourth-order valence-corrected chi connectivity index (χ4v) is 2.53. The molecule has 156 valence electrons. The predicted molar refractivity (Wildman–Crippen MR) is 101 cm³/mol. The maximum atomic E-state index is 12.1. The van der Waals surface area contributed by atoms with Gasteiger partial charge in [0.25, 0.3) is 5.91 Å². The van der Waals surface area contributed by atoms with E-state index in [0.717, 1.165) is 0 Å². The Morgan fingerprint density at radius 2 is 1.72 bits per heavy atom. The van der Waals surface area contributed by atoms with Crippen LogP contribution in [0.15, 0.2) is 36.4 Å². The number of methoxy groups -OCH3 is 2. The van der Waals surface area contributed by atoms with E-state index in [-0.39, 0.29) is 12.2 Å². The van der Waals surface area contributed by atoms with Crippen molar-refractivity contribution in [2.75, 3.05) is 26.1 Å². The van der Waals surface area contributed by atoms with Gasteiger partial charge >= 0.3 is 12.6 Å². The van der Waals surface area contributed by atoms with Crippen molar-refractivity contribution >= 4 is 29.2 Å². The quantitative estimate of drug-likeness (QED) is 0.612. The molecule has 1 N–H and O–H groups in total. The first-order valence-corrected chi connectivity index (χ1v) is 8.61. The number of ether oxygens (including phenoxy) is 4. The summed E-state index contributed by atoms with van der Waals surface area (Å²) in [7, 11) is 2.83. The van der Waals surface area contributed by atoms with Gasteiger partial charge in [0.2, 0.25) is 0 Å². The summed E-state index contributed by atoms with van der Waals surface area (Å²) in [5.74, 6) is -0.644. The molecular weight excluding hydrogens is 412 g/mol. The van der Waals surface area contributed by atoms with E-state index in [1.165, 1.54) is 50.6 Å². The molecule has 2 aromatic rings. The Bertz CT molecular complexity index is 861. The molecule has 7 nitrogen and oxygen atoms in total. The molecule has 0 unspecified atom stereocenters. The van der Waals surface area contributed by atoms with Crippen LogP contribution in [-0.2, 0) is 20.7 Å². The molecule has 0 aliphatic rings. The molecule has 0 saturated carbocycles. The standard InChI is InChI=1S/C19H18ClF2NO6/c1-26-15-9-14(16(27-2)8-13(15)20)23-17(24)10-28-18(25)7-11-3-5-12(6-4-11)29-19(21)22/h3-6,8-9,19H,7,10H2,1-2H3,(H,23,24). The van der Waals surface area contributed by atoms with Crippen LogP contribution in [-0.4, -0.2) is 39.3 Å². The minimum Gasteiger partial charge on any atom is -0.495 e. The van der Waals surface area contributed by atoms with Crippen molar-refractivity contribution in [1.29, 1.82) is 0 Å². The topological polar surface area (TPSA) is 83.1 Å². The molecule has 0 radical (unpaired) electrons. The van der Waals surface area contributed by atoms with Crippen LogP contribution in [0.1, 0.15) is 5.56 Å². The molecule has 2 aromatic carbocycles. The Hall–Kier alpha value is -3.07. The van der Waals surface area contributed by atoms with Gasteiger partial charge in [0.15, 0.2) is 6.61 Å². The van der Waals surface area contributed by atoms with E-state index >= 15 is 0 Å². The number of esters is 1. The summed E-state index contributed by atoms with van der Waals surface area (Å²) >= 11 is 6.00. The fraction of sp³-hybridized carbons (Fsp3) is 0.263. The third-order valence-corrected chi connectivity index (χ3v) is 3.90. The summed E-state index contributed by atoms with van der Waals surface area (Å²) in [6.07, 6.45) is -0.139. The zero-order valence-electron chi connectivity index (χ0n) is 15.5. The van der Waals surface area contributed by atoms with Gasteiger partial charge in [-0.2, -0.15) is 8.78 Å². The number of amides is 1. The monoisotopic (exact) mass is 429 g/mol. The van der Waals surface area contributed by atoms with Crippen LogP contribution in [0.5, 0.6) is 17.2 Å². The van der Waals surface area contributed by atoms with Gasteiger partial charge in [-0.25, -0.2) is 0 Å².